The summed E-state index contributed by atoms with van der Waals surface area (Å²) in [5.74, 6) is -1.87. The van der Waals surface area contributed by atoms with Crippen LogP contribution in [0, 0.1) is 0 Å². The molecule has 0 atom stereocenters. The minimum atomic E-state index is -4.76. The van der Waals surface area contributed by atoms with Gasteiger partial charge in [0.25, 0.3) is 5.78 Å². The van der Waals surface area contributed by atoms with Gasteiger partial charge < -0.3 is 0 Å². The molecule has 0 N–H and O–H groups in total. The zero-order valence-corrected chi connectivity index (χ0v) is 4.98. The highest BCUT2D eigenvalue weighted by Gasteiger charge is 2.35. The van der Waals surface area contributed by atoms with Crippen molar-refractivity contribution in [1.29, 1.82) is 0 Å². The van der Waals surface area contributed by atoms with Gasteiger partial charge in [0.05, 0.1) is 0 Å². The number of halogens is 3. The molecule has 0 radical (unpaired) electrons. The summed E-state index contributed by atoms with van der Waals surface area (Å²) < 4.78 is 34.0. The third-order valence-corrected chi connectivity index (χ3v) is 0.663. The minimum Gasteiger partial charge on any atom is -0.285 e. The Balaban J connectivity index is 4.11. The van der Waals surface area contributed by atoms with Crippen LogP contribution < -0.4 is 0 Å². The average Bonchev–Trinajstić information content (AvgIpc) is 1.80. The van der Waals surface area contributed by atoms with E-state index in [2.05, 4.69) is 6.58 Å². The van der Waals surface area contributed by atoms with Crippen molar-refractivity contribution < 1.29 is 18.0 Å². The second-order valence-electron chi connectivity index (χ2n) is 1.46. The van der Waals surface area contributed by atoms with Crippen molar-refractivity contribution in [2.24, 2.45) is 0 Å². The second-order valence-corrected chi connectivity index (χ2v) is 1.46. The summed E-state index contributed by atoms with van der Waals surface area (Å²) in [4.78, 5) is 9.96. The van der Waals surface area contributed by atoms with Crippen LogP contribution in [0.4, 0.5) is 13.2 Å². The van der Waals surface area contributed by atoms with E-state index in [-0.39, 0.29) is 0 Å². The lowest BCUT2D eigenvalue weighted by Crippen LogP contribution is -2.19. The predicted molar refractivity (Wildman–Crippen MR) is 30.4 cm³/mol. The van der Waals surface area contributed by atoms with Crippen LogP contribution in [0.15, 0.2) is 24.8 Å². The van der Waals surface area contributed by atoms with E-state index in [9.17, 15) is 18.0 Å². The molecule has 0 aliphatic heterocycles. The molecule has 56 valence electrons. The fourth-order valence-corrected chi connectivity index (χ4v) is 0.250. The van der Waals surface area contributed by atoms with E-state index in [1.807, 2.05) is 0 Å². The molecule has 0 spiro atoms. The SMILES string of the molecule is C=C/C=C/C(=O)C(F)(F)F. The highest BCUT2D eigenvalue weighted by Crippen LogP contribution is 2.16. The van der Waals surface area contributed by atoms with Gasteiger partial charge >= 0.3 is 6.18 Å². The molecule has 0 unspecified atom stereocenters. The van der Waals surface area contributed by atoms with E-state index in [1.54, 1.807) is 0 Å². The number of hydrogen-bond donors (Lipinski definition) is 0. The molecular weight excluding hydrogens is 145 g/mol. The molecule has 0 aliphatic rings. The summed E-state index contributed by atoms with van der Waals surface area (Å²) in [6.45, 7) is 3.11. The molecule has 0 saturated heterocycles. The fourth-order valence-electron chi connectivity index (χ4n) is 0.250. The van der Waals surface area contributed by atoms with Gasteiger partial charge in [0, 0.05) is 0 Å². The summed E-state index contributed by atoms with van der Waals surface area (Å²) in [6, 6.07) is 0. The molecule has 0 aromatic heterocycles. The van der Waals surface area contributed by atoms with Crippen molar-refractivity contribution >= 4 is 5.78 Å². The number of hydrogen-bond acceptors (Lipinski definition) is 1. The molecule has 0 amide bonds. The van der Waals surface area contributed by atoms with E-state index in [0.29, 0.717) is 6.08 Å². The Hall–Kier alpha value is -1.06. The zero-order chi connectivity index (χ0) is 8.20. The monoisotopic (exact) mass is 150 g/mol. The lowest BCUT2D eigenvalue weighted by molar-refractivity contribution is -0.165. The van der Waals surface area contributed by atoms with E-state index >= 15 is 0 Å². The van der Waals surface area contributed by atoms with Crippen LogP contribution >= 0.6 is 0 Å². The smallest absolute Gasteiger partial charge is 0.285 e. The van der Waals surface area contributed by atoms with Gasteiger partial charge in [0.15, 0.2) is 0 Å². The number of allylic oxidation sites excluding steroid dienone is 3. The molecular formula is C6H5F3O. The van der Waals surface area contributed by atoms with Crippen LogP contribution in [0.25, 0.3) is 0 Å². The molecule has 0 heterocycles. The van der Waals surface area contributed by atoms with Gasteiger partial charge in [-0.2, -0.15) is 13.2 Å². The highest BCUT2D eigenvalue weighted by atomic mass is 19.4. The molecule has 1 nitrogen and oxygen atoms in total. The largest absolute Gasteiger partial charge is 0.454 e. The fraction of sp³-hybridized carbons (Fsp3) is 0.167. The van der Waals surface area contributed by atoms with Crippen molar-refractivity contribution in [2.45, 2.75) is 6.18 Å². The number of alkyl halides is 3. The molecule has 0 aromatic carbocycles. The number of ketones is 1. The maximum absolute atomic E-state index is 11.3. The van der Waals surface area contributed by atoms with Crippen molar-refractivity contribution in [1.82, 2.24) is 0 Å². The number of carbonyl (C=O) groups is 1. The van der Waals surface area contributed by atoms with Crippen LogP contribution in [0.3, 0.4) is 0 Å². The van der Waals surface area contributed by atoms with Crippen molar-refractivity contribution in [2.75, 3.05) is 0 Å². The van der Waals surface area contributed by atoms with Crippen LogP contribution in [0.1, 0.15) is 0 Å². The molecule has 4 heteroatoms. The zero-order valence-electron chi connectivity index (χ0n) is 4.98. The highest BCUT2D eigenvalue weighted by molar-refractivity contribution is 5.94. The maximum Gasteiger partial charge on any atom is 0.454 e. The lowest BCUT2D eigenvalue weighted by Gasteiger charge is -1.97. The van der Waals surface area contributed by atoms with Gasteiger partial charge in [-0.25, -0.2) is 0 Å². The van der Waals surface area contributed by atoms with Gasteiger partial charge in [-0.05, 0) is 6.08 Å². The summed E-state index contributed by atoms with van der Waals surface area (Å²) in [5, 5.41) is 0. The van der Waals surface area contributed by atoms with Crippen LogP contribution in [0.2, 0.25) is 0 Å². The average molecular weight is 150 g/mol. The Morgan fingerprint density at radius 3 is 2.20 bits per heavy atom. The maximum atomic E-state index is 11.3. The quantitative estimate of drug-likeness (QED) is 0.433. The minimum absolute atomic E-state index is 0.424. The molecule has 0 rings (SSSR count). The van der Waals surface area contributed by atoms with Gasteiger partial charge in [0.1, 0.15) is 0 Å². The molecule has 0 saturated carbocycles. The van der Waals surface area contributed by atoms with Gasteiger partial charge in [-0.15, -0.1) is 0 Å². The predicted octanol–water partition coefficient (Wildman–Crippen LogP) is 1.86. The van der Waals surface area contributed by atoms with Gasteiger partial charge in [0.2, 0.25) is 0 Å². The Morgan fingerprint density at radius 2 is 1.90 bits per heavy atom. The van der Waals surface area contributed by atoms with E-state index in [4.69, 9.17) is 0 Å². The van der Waals surface area contributed by atoms with E-state index in [1.165, 1.54) is 0 Å². The molecule has 10 heavy (non-hydrogen) atoms. The first-order valence-corrected chi connectivity index (χ1v) is 2.38. The van der Waals surface area contributed by atoms with Gasteiger partial charge in [-0.1, -0.05) is 18.7 Å². The molecule has 0 fully saturated rings. The molecule has 0 aliphatic carbocycles. The van der Waals surface area contributed by atoms with Gasteiger partial charge in [-0.3, -0.25) is 4.79 Å². The molecule has 0 aromatic rings. The van der Waals surface area contributed by atoms with E-state index in [0.717, 1.165) is 12.2 Å². The van der Waals surface area contributed by atoms with Crippen molar-refractivity contribution in [3.63, 3.8) is 0 Å². The first kappa shape index (κ1) is 8.94. The standard InChI is InChI=1S/C6H5F3O/c1-2-3-4-5(10)6(7,8)9/h2-4H,1H2/b4-3+. The summed E-state index contributed by atoms with van der Waals surface area (Å²) >= 11 is 0. The van der Waals surface area contributed by atoms with Crippen LogP contribution in [-0.4, -0.2) is 12.0 Å². The third-order valence-electron chi connectivity index (χ3n) is 0.663. The Bertz CT molecular complexity index is 166. The summed E-state index contributed by atoms with van der Waals surface area (Å²) in [6.07, 6.45) is -2.30. The Labute approximate surface area is 55.8 Å². The molecule has 0 bridgehead atoms. The Morgan fingerprint density at radius 1 is 1.40 bits per heavy atom. The topological polar surface area (TPSA) is 17.1 Å². The number of carbonyl (C=O) groups excluding carboxylic acids is 1. The first-order valence-electron chi connectivity index (χ1n) is 2.38. The van der Waals surface area contributed by atoms with Crippen LogP contribution in [0.5, 0.6) is 0 Å². The number of rotatable bonds is 2. The van der Waals surface area contributed by atoms with E-state index < -0.39 is 12.0 Å². The third kappa shape index (κ3) is 3.06. The summed E-state index contributed by atoms with van der Waals surface area (Å²) in [5.41, 5.74) is 0. The normalized spacial score (nSPS) is 11.9. The van der Waals surface area contributed by atoms with Crippen molar-refractivity contribution in [3.8, 4) is 0 Å². The lowest BCUT2D eigenvalue weighted by atomic mass is 10.3. The first-order chi connectivity index (χ1) is 4.48. The van der Waals surface area contributed by atoms with Crippen LogP contribution in [-0.2, 0) is 4.79 Å². The second kappa shape index (κ2) is 3.20. The summed E-state index contributed by atoms with van der Waals surface area (Å²) in [7, 11) is 0. The van der Waals surface area contributed by atoms with Crippen molar-refractivity contribution in [3.05, 3.63) is 24.8 Å². The Kier molecular flexibility index (Phi) is 2.86.